The number of rotatable bonds is 2. The van der Waals surface area contributed by atoms with Crippen LogP contribution >= 0.6 is 7.82 Å². The molecule has 9 heteroatoms. The largest absolute Gasteiger partial charge is 0.472 e. The van der Waals surface area contributed by atoms with E-state index in [-0.39, 0.29) is 0 Å². The summed E-state index contributed by atoms with van der Waals surface area (Å²) in [5.74, 6) is 0. The van der Waals surface area contributed by atoms with E-state index in [0.717, 1.165) is 0 Å². The molecule has 0 radical (unpaired) electrons. The van der Waals surface area contributed by atoms with Gasteiger partial charge in [-0.1, -0.05) is 0 Å². The Hall–Kier alpha value is -0.0500. The van der Waals surface area contributed by atoms with Gasteiger partial charge in [-0.2, -0.15) is 0 Å². The van der Waals surface area contributed by atoms with Gasteiger partial charge in [0.1, 0.15) is 18.3 Å². The Labute approximate surface area is 85.3 Å². The second kappa shape index (κ2) is 4.44. The van der Waals surface area contributed by atoms with Crippen LogP contribution in [0.15, 0.2) is 0 Å². The van der Waals surface area contributed by atoms with Crippen LogP contribution in [0.2, 0.25) is 0 Å². The van der Waals surface area contributed by atoms with Crippen molar-refractivity contribution in [2.45, 2.75) is 37.6 Å². The Morgan fingerprint density at radius 1 is 1.13 bits per heavy atom. The van der Waals surface area contributed by atoms with Gasteiger partial charge in [-0.05, 0) is 6.92 Å². The van der Waals surface area contributed by atoms with E-state index in [1.807, 2.05) is 0 Å². The third-order valence-corrected chi connectivity index (χ3v) is 2.53. The minimum Gasteiger partial charge on any atom is -0.388 e. The lowest BCUT2D eigenvalue weighted by molar-refractivity contribution is -0.271. The predicted molar refractivity (Wildman–Crippen MR) is 45.5 cm³/mol. The lowest BCUT2D eigenvalue weighted by Crippen LogP contribution is -2.57. The SMILES string of the molecule is CC1O[C@H](OP(=O)(O)O)[C@H](O)[C@@H](O)[C@H]1O. The van der Waals surface area contributed by atoms with Crippen LogP contribution in [0.5, 0.6) is 0 Å². The quantitative estimate of drug-likeness (QED) is 0.349. The molecule has 8 nitrogen and oxygen atoms in total. The van der Waals surface area contributed by atoms with E-state index in [4.69, 9.17) is 14.5 Å². The van der Waals surface area contributed by atoms with Crippen LogP contribution in [-0.4, -0.2) is 55.8 Å². The van der Waals surface area contributed by atoms with Gasteiger partial charge in [0.2, 0.25) is 0 Å². The average Bonchev–Trinajstić information content (AvgIpc) is 2.08. The Morgan fingerprint density at radius 3 is 2.13 bits per heavy atom. The first-order chi connectivity index (χ1) is 6.72. The summed E-state index contributed by atoms with van der Waals surface area (Å²) in [4.78, 5) is 17.0. The van der Waals surface area contributed by atoms with Crippen molar-refractivity contribution >= 4 is 7.82 Å². The molecule has 5 N–H and O–H groups in total. The van der Waals surface area contributed by atoms with Gasteiger partial charge in [0.05, 0.1) is 6.10 Å². The van der Waals surface area contributed by atoms with E-state index < -0.39 is 38.5 Å². The van der Waals surface area contributed by atoms with Gasteiger partial charge in [0, 0.05) is 0 Å². The highest BCUT2D eigenvalue weighted by molar-refractivity contribution is 7.46. The first-order valence-electron chi connectivity index (χ1n) is 4.16. The van der Waals surface area contributed by atoms with Crippen LogP contribution in [-0.2, 0) is 13.8 Å². The topological polar surface area (TPSA) is 137 Å². The smallest absolute Gasteiger partial charge is 0.388 e. The first-order valence-corrected chi connectivity index (χ1v) is 5.69. The first kappa shape index (κ1) is 13.0. The molecule has 0 bridgehead atoms. The third kappa shape index (κ3) is 3.20. The van der Waals surface area contributed by atoms with Crippen LogP contribution in [0, 0.1) is 0 Å². The molecule has 0 saturated carbocycles. The summed E-state index contributed by atoms with van der Waals surface area (Å²) in [5.41, 5.74) is 0. The van der Waals surface area contributed by atoms with E-state index in [1.54, 1.807) is 0 Å². The van der Waals surface area contributed by atoms with E-state index in [1.165, 1.54) is 6.92 Å². The summed E-state index contributed by atoms with van der Waals surface area (Å²) < 4.78 is 19.4. The minimum atomic E-state index is -4.82. The maximum atomic E-state index is 10.5. The molecular formula is C6H13O8P. The molecule has 1 aliphatic heterocycles. The van der Waals surface area contributed by atoms with Crippen LogP contribution in [0.25, 0.3) is 0 Å². The third-order valence-electron chi connectivity index (χ3n) is 2.05. The average molecular weight is 244 g/mol. The molecular weight excluding hydrogens is 231 g/mol. The van der Waals surface area contributed by atoms with Gasteiger partial charge in [-0.3, -0.25) is 4.52 Å². The van der Waals surface area contributed by atoms with Crippen LogP contribution in [0.1, 0.15) is 6.92 Å². The van der Waals surface area contributed by atoms with Crippen molar-refractivity contribution in [1.29, 1.82) is 0 Å². The molecule has 1 fully saturated rings. The van der Waals surface area contributed by atoms with Crippen LogP contribution in [0.3, 0.4) is 0 Å². The summed E-state index contributed by atoms with van der Waals surface area (Å²) >= 11 is 0. The zero-order valence-corrected chi connectivity index (χ0v) is 8.69. The number of hydrogen-bond donors (Lipinski definition) is 5. The number of ether oxygens (including phenoxy) is 1. The maximum absolute atomic E-state index is 10.5. The van der Waals surface area contributed by atoms with Crippen molar-refractivity contribution in [2.24, 2.45) is 0 Å². The number of phosphoric ester groups is 1. The Balaban J connectivity index is 2.71. The second-order valence-corrected chi connectivity index (χ2v) is 4.47. The van der Waals surface area contributed by atoms with Crippen molar-refractivity contribution in [3.05, 3.63) is 0 Å². The molecule has 90 valence electrons. The molecule has 15 heavy (non-hydrogen) atoms. The van der Waals surface area contributed by atoms with Gasteiger partial charge < -0.3 is 29.8 Å². The molecule has 1 heterocycles. The molecule has 0 aliphatic carbocycles. The number of aliphatic hydroxyl groups is 3. The Morgan fingerprint density at radius 2 is 1.67 bits per heavy atom. The molecule has 1 unspecified atom stereocenters. The maximum Gasteiger partial charge on any atom is 0.472 e. The summed E-state index contributed by atoms with van der Waals surface area (Å²) in [7, 11) is -4.82. The highest BCUT2D eigenvalue weighted by Gasteiger charge is 2.44. The number of phosphoric acid groups is 1. The zero-order valence-electron chi connectivity index (χ0n) is 7.79. The fourth-order valence-corrected chi connectivity index (χ4v) is 1.68. The van der Waals surface area contributed by atoms with Crippen LogP contribution < -0.4 is 0 Å². The molecule has 0 aromatic heterocycles. The van der Waals surface area contributed by atoms with Gasteiger partial charge in [0.15, 0.2) is 6.29 Å². The minimum absolute atomic E-state index is 0.903. The molecule has 5 atom stereocenters. The van der Waals surface area contributed by atoms with Gasteiger partial charge in [-0.15, -0.1) is 0 Å². The molecule has 1 aliphatic rings. The fraction of sp³-hybridized carbons (Fsp3) is 1.00. The van der Waals surface area contributed by atoms with E-state index in [9.17, 15) is 19.9 Å². The molecule has 0 spiro atoms. The lowest BCUT2D eigenvalue weighted by atomic mass is 10.0. The standard InChI is InChI=1S/C6H13O8P/c1-2-3(7)4(8)5(9)6(13-2)14-15(10,11)12/h2-9H,1H3,(H2,10,11,12)/t2?,3-,4-,5+,6+/m0/s1. The van der Waals surface area contributed by atoms with E-state index in [2.05, 4.69) is 4.52 Å². The Bertz CT molecular complexity index is 264. The fourth-order valence-electron chi connectivity index (χ4n) is 1.24. The Kier molecular flexibility index (Phi) is 3.85. The zero-order chi connectivity index (χ0) is 11.8. The van der Waals surface area contributed by atoms with Crippen molar-refractivity contribution in [1.82, 2.24) is 0 Å². The van der Waals surface area contributed by atoms with Crippen molar-refractivity contribution in [3.8, 4) is 0 Å². The van der Waals surface area contributed by atoms with Gasteiger partial charge >= 0.3 is 7.82 Å². The van der Waals surface area contributed by atoms with E-state index in [0.29, 0.717) is 0 Å². The van der Waals surface area contributed by atoms with Crippen molar-refractivity contribution in [3.63, 3.8) is 0 Å². The highest BCUT2D eigenvalue weighted by Crippen LogP contribution is 2.40. The highest BCUT2D eigenvalue weighted by atomic mass is 31.2. The lowest BCUT2D eigenvalue weighted by Gasteiger charge is -2.38. The molecule has 1 rings (SSSR count). The molecule has 0 aromatic carbocycles. The van der Waals surface area contributed by atoms with E-state index >= 15 is 0 Å². The van der Waals surface area contributed by atoms with Gasteiger partial charge in [-0.25, -0.2) is 4.57 Å². The molecule has 1 saturated heterocycles. The summed E-state index contributed by atoms with van der Waals surface area (Å²) in [5, 5.41) is 27.8. The van der Waals surface area contributed by atoms with Crippen molar-refractivity contribution < 1.29 is 38.9 Å². The number of aliphatic hydroxyl groups excluding tert-OH is 3. The van der Waals surface area contributed by atoms with Crippen molar-refractivity contribution in [2.75, 3.05) is 0 Å². The second-order valence-electron chi connectivity index (χ2n) is 3.28. The normalized spacial score (nSPS) is 42.9. The summed E-state index contributed by atoms with van der Waals surface area (Å²) in [6.45, 7) is 1.37. The predicted octanol–water partition coefficient (Wildman–Crippen LogP) is -2.08. The van der Waals surface area contributed by atoms with Gasteiger partial charge in [0.25, 0.3) is 0 Å². The monoisotopic (exact) mass is 244 g/mol. The molecule has 0 aromatic rings. The number of hydrogen-bond acceptors (Lipinski definition) is 6. The summed E-state index contributed by atoms with van der Waals surface area (Å²) in [6.07, 6.45) is -7.20. The summed E-state index contributed by atoms with van der Waals surface area (Å²) in [6, 6.07) is 0. The molecule has 0 amide bonds. The van der Waals surface area contributed by atoms with Crippen LogP contribution in [0.4, 0.5) is 0 Å².